The van der Waals surface area contributed by atoms with E-state index < -0.39 is 47.3 Å². The van der Waals surface area contributed by atoms with Crippen LogP contribution < -0.4 is 21.3 Å². The summed E-state index contributed by atoms with van der Waals surface area (Å²) in [6, 6.07) is 17.7. The second-order valence-electron chi connectivity index (χ2n) is 13.7. The van der Waals surface area contributed by atoms with Crippen LogP contribution >= 0.6 is 69.6 Å². The molecule has 4 N–H and O–H groups in total. The highest BCUT2D eigenvalue weighted by Crippen LogP contribution is 2.34. The van der Waals surface area contributed by atoms with Crippen LogP contribution in [0.25, 0.3) is 0 Å². The predicted molar refractivity (Wildman–Crippen MR) is 252 cm³/mol. The van der Waals surface area contributed by atoms with Gasteiger partial charge in [-0.1, -0.05) is 95.6 Å². The van der Waals surface area contributed by atoms with Crippen molar-refractivity contribution in [1.82, 2.24) is 0 Å². The molecule has 5 aromatic rings. The first-order valence-electron chi connectivity index (χ1n) is 19.1. The van der Waals surface area contributed by atoms with Gasteiger partial charge in [0.15, 0.2) is 11.6 Å². The first-order chi connectivity index (χ1) is 30.4. The lowest BCUT2D eigenvalue weighted by atomic mass is 9.98. The van der Waals surface area contributed by atoms with Crippen molar-refractivity contribution in [3.63, 3.8) is 0 Å². The van der Waals surface area contributed by atoms with E-state index in [0.717, 1.165) is 0 Å². The molecule has 64 heavy (non-hydrogen) atoms. The Hall–Kier alpha value is -5.74. The van der Waals surface area contributed by atoms with Gasteiger partial charge in [0.1, 0.15) is 11.4 Å². The number of azo groups is 2. The SMILES string of the molecule is CCc1c(NC(=O)C(N=Nc2cccc(C(=O)Nc3ccc(Cl)cc3Cl)c2Cl)C(C)=O)ccc(NC(=O)C(N=Nc2cccc(C(=O)Nc3ccc(Cl)cc3Cl)c2Cl)C(C)=O)c1CC. The molecule has 14 nitrogen and oxygen atoms in total. The maximum absolute atomic E-state index is 13.6. The van der Waals surface area contributed by atoms with Gasteiger partial charge in [-0.15, -0.1) is 0 Å². The number of hydrogen-bond donors (Lipinski definition) is 4. The monoisotopic (exact) mass is 982 g/mol. The van der Waals surface area contributed by atoms with E-state index in [1.165, 1.54) is 86.6 Å². The Morgan fingerprint density at radius 2 is 0.859 bits per heavy atom. The van der Waals surface area contributed by atoms with E-state index in [2.05, 4.69) is 41.7 Å². The normalized spacial score (nSPS) is 12.2. The smallest absolute Gasteiger partial charge is 0.258 e. The second-order valence-corrected chi connectivity index (χ2v) is 16.1. The molecule has 0 radical (unpaired) electrons. The summed E-state index contributed by atoms with van der Waals surface area (Å²) in [5.41, 5.74) is 2.58. The zero-order chi connectivity index (χ0) is 46.8. The summed E-state index contributed by atoms with van der Waals surface area (Å²) in [4.78, 5) is 78.8. The molecule has 330 valence electrons. The van der Waals surface area contributed by atoms with Gasteiger partial charge in [-0.25, -0.2) is 0 Å². The largest absolute Gasteiger partial charge is 0.323 e. The number of nitrogens with one attached hydrogen (secondary N) is 4. The molecule has 0 saturated heterocycles. The number of hydrogen-bond acceptors (Lipinski definition) is 10. The molecule has 0 aliphatic rings. The molecule has 4 amide bonds. The predicted octanol–water partition coefficient (Wildman–Crippen LogP) is 12.6. The van der Waals surface area contributed by atoms with Crippen LogP contribution in [0.15, 0.2) is 105 Å². The maximum atomic E-state index is 13.6. The molecule has 0 saturated carbocycles. The number of ketones is 2. The van der Waals surface area contributed by atoms with Gasteiger partial charge in [-0.2, -0.15) is 20.5 Å². The first kappa shape index (κ1) is 49.3. The fourth-order valence-corrected chi connectivity index (χ4v) is 7.53. The molecule has 0 heterocycles. The molecule has 5 aromatic carbocycles. The average molecular weight is 986 g/mol. The topological polar surface area (TPSA) is 200 Å². The summed E-state index contributed by atoms with van der Waals surface area (Å²) in [5, 5.41) is 27.9. The van der Waals surface area contributed by atoms with E-state index in [4.69, 9.17) is 69.6 Å². The molecule has 0 aliphatic carbocycles. The summed E-state index contributed by atoms with van der Waals surface area (Å²) < 4.78 is 0. The Morgan fingerprint density at radius 3 is 1.19 bits per heavy atom. The van der Waals surface area contributed by atoms with Crippen molar-refractivity contribution in [2.24, 2.45) is 20.5 Å². The second kappa shape index (κ2) is 22.2. The van der Waals surface area contributed by atoms with Gasteiger partial charge in [-0.3, -0.25) is 28.8 Å². The minimum absolute atomic E-state index is 0.0154. The van der Waals surface area contributed by atoms with E-state index in [1.54, 1.807) is 12.1 Å². The standard InChI is InChI=1S/C44H36Cl6N8O6/c1-5-25-26(6-2)32(52-44(64)40(22(4)60)58-56-36-12-8-10-28(38(36)50)42(62)54-34-16-14-24(46)20-30(34)48)18-17-31(25)51-43(63)39(21(3)59)57-55-35-11-7-9-27(37(35)49)41(61)53-33-15-13-23(45)19-29(33)47/h7-20,39-40H,5-6H2,1-4H3,(H,51,63)(H,52,64)(H,53,61)(H,54,62). The lowest BCUT2D eigenvalue weighted by Crippen LogP contribution is -2.33. The zero-order valence-electron chi connectivity index (χ0n) is 34.2. The lowest BCUT2D eigenvalue weighted by molar-refractivity contribution is -0.127. The van der Waals surface area contributed by atoms with Crippen LogP contribution in [0.4, 0.5) is 34.1 Å². The maximum Gasteiger partial charge on any atom is 0.258 e. The van der Waals surface area contributed by atoms with Gasteiger partial charge in [-0.05, 0) is 111 Å². The average Bonchev–Trinajstić information content (AvgIpc) is 3.24. The molecule has 0 fully saturated rings. The summed E-state index contributed by atoms with van der Waals surface area (Å²) in [5.74, 6) is -4.10. The highest BCUT2D eigenvalue weighted by Gasteiger charge is 2.28. The number of nitrogens with zero attached hydrogens (tertiary/aromatic N) is 4. The van der Waals surface area contributed by atoms with Crippen LogP contribution in [0.3, 0.4) is 0 Å². The number of anilines is 4. The third-order valence-corrected chi connectivity index (χ3v) is 11.2. The van der Waals surface area contributed by atoms with Crippen molar-refractivity contribution < 1.29 is 28.8 Å². The summed E-state index contributed by atoms with van der Waals surface area (Å²) in [6.45, 7) is 6.01. The van der Waals surface area contributed by atoms with Gasteiger partial charge in [0, 0.05) is 21.4 Å². The lowest BCUT2D eigenvalue weighted by Gasteiger charge is -2.20. The third kappa shape index (κ3) is 12.1. The van der Waals surface area contributed by atoms with Crippen LogP contribution in [-0.2, 0) is 32.0 Å². The van der Waals surface area contributed by atoms with Gasteiger partial charge >= 0.3 is 0 Å². The molecule has 0 aliphatic heterocycles. The van der Waals surface area contributed by atoms with Crippen LogP contribution in [0.1, 0.15) is 59.5 Å². The van der Waals surface area contributed by atoms with Crippen molar-refractivity contribution in [2.45, 2.75) is 52.6 Å². The molecular weight excluding hydrogens is 949 g/mol. The van der Waals surface area contributed by atoms with E-state index in [-0.39, 0.29) is 42.6 Å². The number of amides is 4. The Morgan fingerprint density at radius 1 is 0.500 bits per heavy atom. The van der Waals surface area contributed by atoms with Gasteiger partial charge in [0.05, 0.1) is 42.6 Å². The number of halogens is 6. The zero-order valence-corrected chi connectivity index (χ0v) is 38.7. The van der Waals surface area contributed by atoms with Crippen LogP contribution in [-0.4, -0.2) is 47.3 Å². The minimum Gasteiger partial charge on any atom is -0.323 e. The van der Waals surface area contributed by atoms with Gasteiger partial charge in [0.2, 0.25) is 12.1 Å². The van der Waals surface area contributed by atoms with Gasteiger partial charge < -0.3 is 21.3 Å². The van der Waals surface area contributed by atoms with Crippen molar-refractivity contribution >= 4 is 139 Å². The minimum atomic E-state index is -1.61. The van der Waals surface area contributed by atoms with E-state index in [0.29, 0.717) is 56.8 Å². The quantitative estimate of drug-likeness (QED) is 0.0560. The van der Waals surface area contributed by atoms with Crippen molar-refractivity contribution in [3.8, 4) is 0 Å². The van der Waals surface area contributed by atoms with Crippen LogP contribution in [0, 0.1) is 0 Å². The number of carbonyl (C=O) groups is 6. The van der Waals surface area contributed by atoms with Gasteiger partial charge in [0.25, 0.3) is 23.6 Å². The molecular formula is C44H36Cl6N8O6. The highest BCUT2D eigenvalue weighted by molar-refractivity contribution is 6.39. The molecule has 0 aromatic heterocycles. The van der Waals surface area contributed by atoms with Crippen molar-refractivity contribution in [2.75, 3.05) is 21.3 Å². The van der Waals surface area contributed by atoms with E-state index in [1.807, 2.05) is 13.8 Å². The number of carbonyl (C=O) groups excluding carboxylic acids is 6. The molecule has 20 heteroatoms. The third-order valence-electron chi connectivity index (χ3n) is 9.29. The Labute approximate surface area is 397 Å². The molecule has 2 unspecified atom stereocenters. The Balaban J connectivity index is 1.31. The Kier molecular flexibility index (Phi) is 17.1. The highest BCUT2D eigenvalue weighted by atomic mass is 35.5. The van der Waals surface area contributed by atoms with Crippen LogP contribution in [0.2, 0.25) is 30.1 Å². The molecule has 5 rings (SSSR count). The Bertz CT molecular complexity index is 2560. The van der Waals surface area contributed by atoms with E-state index in [9.17, 15) is 28.8 Å². The fourth-order valence-electron chi connectivity index (χ4n) is 6.12. The molecule has 2 atom stereocenters. The first-order valence-corrected chi connectivity index (χ1v) is 21.4. The summed E-state index contributed by atoms with van der Waals surface area (Å²) in [7, 11) is 0. The number of Topliss-reactive ketones (excluding diaryl/α,β-unsaturated/α-hetero) is 2. The summed E-state index contributed by atoms with van der Waals surface area (Å²) >= 11 is 37.4. The van der Waals surface area contributed by atoms with Crippen molar-refractivity contribution in [3.05, 3.63) is 137 Å². The summed E-state index contributed by atoms with van der Waals surface area (Å²) in [6.07, 6.45) is 0.756. The number of rotatable bonds is 16. The fraction of sp³-hybridized carbons (Fsp3) is 0.182. The van der Waals surface area contributed by atoms with Crippen molar-refractivity contribution in [1.29, 1.82) is 0 Å². The van der Waals surface area contributed by atoms with E-state index >= 15 is 0 Å². The van der Waals surface area contributed by atoms with Crippen LogP contribution in [0.5, 0.6) is 0 Å². The molecule has 0 spiro atoms. The molecule has 0 bridgehead atoms. The number of benzene rings is 5.